The molecule has 0 spiro atoms. The number of hydrogen-bond donors (Lipinski definition) is 1. The minimum atomic E-state index is -1.05. The van der Waals surface area contributed by atoms with Crippen LogP contribution in [-0.4, -0.2) is 52.0 Å². The zero-order valence-electron chi connectivity index (χ0n) is 10.7. The van der Waals surface area contributed by atoms with Crippen molar-refractivity contribution in [1.29, 1.82) is 0 Å². The van der Waals surface area contributed by atoms with Gasteiger partial charge in [0, 0.05) is 12.4 Å². The molecule has 0 fully saturated rings. The summed E-state index contributed by atoms with van der Waals surface area (Å²) in [6, 6.07) is 7.69. The van der Waals surface area contributed by atoms with E-state index in [1.165, 1.54) is 18.6 Å². The van der Waals surface area contributed by atoms with Crippen molar-refractivity contribution >= 4 is 36.9 Å². The predicted molar refractivity (Wildman–Crippen MR) is 70.3 cm³/mol. The number of aryl methyl sites for hydroxylation is 1. The van der Waals surface area contributed by atoms with E-state index in [9.17, 15) is 9.59 Å². The maximum absolute atomic E-state index is 10.9. The number of carbonyl (C=O) groups excluding carboxylic acids is 1. The molecule has 1 N–H and O–H groups in total. The summed E-state index contributed by atoms with van der Waals surface area (Å²) >= 11 is 0.616. The van der Waals surface area contributed by atoms with Crippen LogP contribution in [0.1, 0.15) is 26.4 Å². The van der Waals surface area contributed by atoms with E-state index in [1.54, 1.807) is 0 Å². The van der Waals surface area contributed by atoms with Crippen molar-refractivity contribution < 1.29 is 14.7 Å². The molecule has 1 heterocycles. The molecule has 92 valence electrons. The number of aromatic nitrogens is 2. The van der Waals surface area contributed by atoms with Crippen molar-refractivity contribution in [2.45, 2.75) is 6.92 Å². The van der Waals surface area contributed by atoms with Gasteiger partial charge >= 0.3 is 84.0 Å². The second-order valence-corrected chi connectivity index (χ2v) is 4.68. The molecule has 0 aliphatic heterocycles. The first-order valence-electron chi connectivity index (χ1n) is 5.58. The van der Waals surface area contributed by atoms with E-state index in [2.05, 4.69) is 9.97 Å². The maximum Gasteiger partial charge on any atom is 0.356 e. The monoisotopic (exact) mass is 266 g/mol. The van der Waals surface area contributed by atoms with E-state index in [0.717, 1.165) is 11.1 Å². The maximum atomic E-state index is 10.9. The number of rotatable bonds is 2. The van der Waals surface area contributed by atoms with Gasteiger partial charge in [0.15, 0.2) is 5.69 Å². The first kappa shape index (κ1) is 15.5. The van der Waals surface area contributed by atoms with Gasteiger partial charge in [-0.3, -0.25) is 4.98 Å². The quantitative estimate of drug-likeness (QED) is 0.833. The van der Waals surface area contributed by atoms with Crippen molar-refractivity contribution in [3.8, 4) is 0 Å². The van der Waals surface area contributed by atoms with Gasteiger partial charge in [-0.1, -0.05) is 0 Å². The second kappa shape index (κ2) is 7.78. The fourth-order valence-electron chi connectivity index (χ4n) is 1.38. The van der Waals surface area contributed by atoms with Gasteiger partial charge in [0.25, 0.3) is 0 Å². The fraction of sp³-hybridized carbons (Fsp3) is 0.0769. The van der Waals surface area contributed by atoms with Gasteiger partial charge in [0.05, 0.1) is 6.20 Å². The van der Waals surface area contributed by atoms with Crippen LogP contribution in [0.3, 0.4) is 0 Å². The van der Waals surface area contributed by atoms with E-state index in [-0.39, 0.29) is 8.73 Å². The van der Waals surface area contributed by atoms with Crippen LogP contribution in [0.5, 0.6) is 0 Å². The number of benzene rings is 1. The van der Waals surface area contributed by atoms with Gasteiger partial charge in [-0.2, -0.15) is 0 Å². The van der Waals surface area contributed by atoms with Crippen LogP contribution in [0.15, 0.2) is 42.9 Å². The van der Waals surface area contributed by atoms with Gasteiger partial charge in [0.2, 0.25) is 0 Å². The smallest absolute Gasteiger partial charge is 0.356 e. The van der Waals surface area contributed by atoms with Crippen molar-refractivity contribution in [2.24, 2.45) is 0 Å². The summed E-state index contributed by atoms with van der Waals surface area (Å²) < 4.78 is 0.276. The van der Waals surface area contributed by atoms with E-state index in [1.807, 2.05) is 31.2 Å². The van der Waals surface area contributed by atoms with Gasteiger partial charge < -0.3 is 5.11 Å². The first-order valence-corrected chi connectivity index (χ1v) is 6.58. The molecule has 0 saturated carbocycles. The Hall–Kier alpha value is -1.56. The Morgan fingerprint density at radius 3 is 2.26 bits per heavy atom. The summed E-state index contributed by atoms with van der Waals surface area (Å²) in [7, 11) is 0. The summed E-state index contributed by atoms with van der Waals surface area (Å²) in [6.07, 6.45) is 3.96. The van der Waals surface area contributed by atoms with Crippen LogP contribution < -0.4 is 0 Å². The molecule has 0 bridgehead atoms. The summed E-state index contributed by atoms with van der Waals surface area (Å²) in [5.41, 5.74) is 1.94. The van der Waals surface area contributed by atoms with Gasteiger partial charge in [-0.05, 0) is 0 Å². The molecule has 0 aliphatic carbocycles. The standard InChI is InChI=1S/C8H7O.C5H4N2O2.Na/c1-7-4-2-3-5-8(7)6-9;8-5(9)4-3-6-1-2-7-4;/h2-5H,1H3;1-3H,(H,8,9);. The van der Waals surface area contributed by atoms with Crippen LogP contribution in [0.4, 0.5) is 0 Å². The average Bonchev–Trinajstić information content (AvgIpc) is 2.40. The molecule has 1 aromatic carbocycles. The molecule has 19 heavy (non-hydrogen) atoms. The van der Waals surface area contributed by atoms with Gasteiger partial charge in [-0.15, -0.1) is 0 Å². The van der Waals surface area contributed by atoms with Crippen LogP contribution >= 0.6 is 0 Å². The SMILES string of the molecule is Cc1ccccc1[C](=O)[Na].O=C(O)c1cnccn1. The van der Waals surface area contributed by atoms with Crippen molar-refractivity contribution in [1.82, 2.24) is 9.97 Å². The topological polar surface area (TPSA) is 80.2 Å². The third-order valence-corrected chi connectivity index (χ3v) is 2.85. The largest absolute Gasteiger partial charge is 0.476 e. The molecule has 0 unspecified atom stereocenters. The molecule has 0 radical (unpaired) electrons. The third-order valence-electron chi connectivity index (χ3n) is 2.31. The number of carboxylic acids is 1. The summed E-state index contributed by atoms with van der Waals surface area (Å²) in [4.78, 5) is 28.1. The average molecular weight is 266 g/mol. The Balaban J connectivity index is 0.000000191. The van der Waals surface area contributed by atoms with Crippen LogP contribution in [0.2, 0.25) is 0 Å². The molecule has 5 nitrogen and oxygen atoms in total. The van der Waals surface area contributed by atoms with Gasteiger partial charge in [0.1, 0.15) is 0 Å². The zero-order valence-corrected chi connectivity index (χ0v) is 12.7. The number of hydrogen-bond acceptors (Lipinski definition) is 4. The van der Waals surface area contributed by atoms with E-state index >= 15 is 0 Å². The van der Waals surface area contributed by atoms with Crippen LogP contribution in [0, 0.1) is 6.92 Å². The molecule has 2 aromatic rings. The Morgan fingerprint density at radius 1 is 1.21 bits per heavy atom. The van der Waals surface area contributed by atoms with Crippen molar-refractivity contribution in [2.75, 3.05) is 0 Å². The number of carboxylic acid groups (broad SMARTS) is 1. The molecule has 0 saturated heterocycles. The zero-order chi connectivity index (χ0) is 14.3. The molecular formula is C13H11N2NaO3. The Morgan fingerprint density at radius 2 is 1.89 bits per heavy atom. The molecule has 6 heteroatoms. The minimum Gasteiger partial charge on any atom is -0.476 e. The third kappa shape index (κ3) is 5.30. The van der Waals surface area contributed by atoms with E-state index in [0.29, 0.717) is 27.9 Å². The molecule has 2 rings (SSSR count). The van der Waals surface area contributed by atoms with Gasteiger partial charge in [-0.25, -0.2) is 9.78 Å². The van der Waals surface area contributed by atoms with Crippen LogP contribution in [-0.2, 0) is 0 Å². The van der Waals surface area contributed by atoms with Crippen molar-refractivity contribution in [3.63, 3.8) is 0 Å². The normalized spacial score (nSPS) is 9.21. The number of nitrogens with zero attached hydrogens (tertiary/aromatic N) is 2. The molecule has 0 atom stereocenters. The Kier molecular flexibility index (Phi) is 6.35. The first-order chi connectivity index (χ1) is 9.02. The summed E-state index contributed by atoms with van der Waals surface area (Å²) in [5.74, 6) is -1.05. The van der Waals surface area contributed by atoms with E-state index < -0.39 is 5.97 Å². The predicted octanol–water partition coefficient (Wildman–Crippen LogP) is 1.48. The molecule has 0 amide bonds. The van der Waals surface area contributed by atoms with Crippen LogP contribution in [0.25, 0.3) is 0 Å². The summed E-state index contributed by atoms with van der Waals surface area (Å²) in [6.45, 7) is 1.96. The molecule has 1 aromatic heterocycles. The summed E-state index contributed by atoms with van der Waals surface area (Å²) in [5, 5.41) is 8.28. The fourth-order valence-corrected chi connectivity index (χ4v) is 1.94. The second-order valence-electron chi connectivity index (χ2n) is 3.77. The minimum absolute atomic E-state index is 0.0301. The van der Waals surface area contributed by atoms with Crippen molar-refractivity contribution in [3.05, 3.63) is 59.7 Å². The Bertz CT molecular complexity index is 573. The number of aromatic carboxylic acids is 1. The molecular weight excluding hydrogens is 255 g/mol. The Labute approximate surface area is 128 Å². The molecule has 0 aliphatic rings. The van der Waals surface area contributed by atoms with E-state index in [4.69, 9.17) is 5.11 Å². The number of carbonyl (C=O) groups is 2.